The van der Waals surface area contributed by atoms with E-state index in [-0.39, 0.29) is 5.82 Å². The highest BCUT2D eigenvalue weighted by Crippen LogP contribution is 2.44. The van der Waals surface area contributed by atoms with Crippen LogP contribution >= 0.6 is 27.5 Å². The molecule has 2 saturated carbocycles. The van der Waals surface area contributed by atoms with Crippen molar-refractivity contribution in [2.75, 3.05) is 0 Å². The summed E-state index contributed by atoms with van der Waals surface area (Å²) in [5.41, 5.74) is 2.87. The molecule has 3 heteroatoms. The minimum Gasteiger partial charge on any atom is -0.206 e. The summed E-state index contributed by atoms with van der Waals surface area (Å²) in [5, 5.41) is 0. The number of benzene rings is 1. The highest BCUT2D eigenvalue weighted by molar-refractivity contribution is 9.10. The molecule has 0 amide bonds. The summed E-state index contributed by atoms with van der Waals surface area (Å²) in [5.74, 6) is 2.90. The Morgan fingerprint density at radius 1 is 0.957 bits per heavy atom. The maximum atomic E-state index is 13.7. The first-order chi connectivity index (χ1) is 11.2. The second-order valence-corrected chi connectivity index (χ2v) is 8.38. The van der Waals surface area contributed by atoms with Crippen molar-refractivity contribution in [2.45, 2.75) is 57.3 Å². The van der Waals surface area contributed by atoms with Crippen molar-refractivity contribution in [3.63, 3.8) is 0 Å². The SMILES string of the molecule is Fc1cc(C2CCC(C3CCC(C=CCl)CC3)CC2)ccc1Br. The van der Waals surface area contributed by atoms with Crippen LogP contribution in [0.3, 0.4) is 0 Å². The Kier molecular flexibility index (Phi) is 6.20. The lowest BCUT2D eigenvalue weighted by Crippen LogP contribution is -2.25. The van der Waals surface area contributed by atoms with Crippen molar-refractivity contribution in [1.29, 1.82) is 0 Å². The van der Waals surface area contributed by atoms with Crippen LogP contribution in [0.2, 0.25) is 0 Å². The normalized spacial score (nSPS) is 32.3. The fraction of sp³-hybridized carbons (Fsp3) is 0.600. The van der Waals surface area contributed by atoms with Gasteiger partial charge in [-0.3, -0.25) is 0 Å². The average molecular weight is 400 g/mol. The first-order valence-corrected chi connectivity index (χ1v) is 10.1. The van der Waals surface area contributed by atoms with Crippen LogP contribution in [0.4, 0.5) is 4.39 Å². The predicted molar refractivity (Wildman–Crippen MR) is 99.2 cm³/mol. The fourth-order valence-electron chi connectivity index (χ4n) is 4.60. The topological polar surface area (TPSA) is 0 Å². The summed E-state index contributed by atoms with van der Waals surface area (Å²) in [6.07, 6.45) is 12.5. The van der Waals surface area contributed by atoms with Crippen molar-refractivity contribution < 1.29 is 4.39 Å². The average Bonchev–Trinajstić information content (AvgIpc) is 2.59. The molecule has 0 N–H and O–H groups in total. The Morgan fingerprint density at radius 2 is 1.57 bits per heavy atom. The van der Waals surface area contributed by atoms with Gasteiger partial charge >= 0.3 is 0 Å². The van der Waals surface area contributed by atoms with Crippen molar-refractivity contribution in [1.82, 2.24) is 0 Å². The summed E-state index contributed by atoms with van der Waals surface area (Å²) in [6, 6.07) is 5.66. The minimum absolute atomic E-state index is 0.129. The van der Waals surface area contributed by atoms with Gasteiger partial charge in [0.1, 0.15) is 5.82 Å². The van der Waals surface area contributed by atoms with Gasteiger partial charge in [0.25, 0.3) is 0 Å². The number of halogens is 3. The summed E-state index contributed by atoms with van der Waals surface area (Å²) >= 11 is 8.95. The lowest BCUT2D eigenvalue weighted by atomic mass is 9.68. The molecule has 0 aliphatic heterocycles. The lowest BCUT2D eigenvalue weighted by Gasteiger charge is -2.37. The zero-order chi connectivity index (χ0) is 16.2. The van der Waals surface area contributed by atoms with Gasteiger partial charge < -0.3 is 0 Å². The van der Waals surface area contributed by atoms with Gasteiger partial charge in [-0.25, -0.2) is 4.39 Å². The van der Waals surface area contributed by atoms with Crippen LogP contribution in [-0.4, -0.2) is 0 Å². The van der Waals surface area contributed by atoms with E-state index in [0.29, 0.717) is 16.3 Å². The summed E-state index contributed by atoms with van der Waals surface area (Å²) in [4.78, 5) is 0. The third-order valence-corrected chi connectivity index (χ3v) is 6.80. The van der Waals surface area contributed by atoms with Gasteiger partial charge in [0.15, 0.2) is 0 Å². The van der Waals surface area contributed by atoms with Gasteiger partial charge in [0.05, 0.1) is 4.47 Å². The molecule has 2 aliphatic rings. The van der Waals surface area contributed by atoms with Crippen molar-refractivity contribution >= 4 is 27.5 Å². The minimum atomic E-state index is -0.129. The lowest BCUT2D eigenvalue weighted by molar-refractivity contribution is 0.171. The molecular formula is C20H25BrClF. The fourth-order valence-corrected chi connectivity index (χ4v) is 5.05. The van der Waals surface area contributed by atoms with Gasteiger partial charge in [-0.1, -0.05) is 23.7 Å². The van der Waals surface area contributed by atoms with E-state index in [4.69, 9.17) is 11.6 Å². The first-order valence-electron chi connectivity index (χ1n) is 8.89. The number of rotatable bonds is 3. The molecule has 0 atom stereocenters. The molecule has 0 aromatic heterocycles. The number of hydrogen-bond acceptors (Lipinski definition) is 0. The van der Waals surface area contributed by atoms with Crippen LogP contribution in [0.1, 0.15) is 62.8 Å². The Balaban J connectivity index is 1.51. The smallest absolute Gasteiger partial charge is 0.137 e. The van der Waals surface area contributed by atoms with Crippen LogP contribution in [0.25, 0.3) is 0 Å². The third kappa shape index (κ3) is 4.39. The van der Waals surface area contributed by atoms with E-state index in [0.717, 1.165) is 11.8 Å². The molecule has 0 nitrogen and oxygen atoms in total. The van der Waals surface area contributed by atoms with Crippen LogP contribution in [0, 0.1) is 23.6 Å². The Labute approximate surface area is 152 Å². The largest absolute Gasteiger partial charge is 0.206 e. The van der Waals surface area contributed by atoms with E-state index >= 15 is 0 Å². The van der Waals surface area contributed by atoms with Gasteiger partial charge in [-0.15, -0.1) is 0 Å². The third-order valence-electron chi connectivity index (χ3n) is 6.01. The van der Waals surface area contributed by atoms with Crippen LogP contribution in [0.15, 0.2) is 34.3 Å². The van der Waals surface area contributed by atoms with Crippen molar-refractivity contribution in [3.8, 4) is 0 Å². The molecule has 0 spiro atoms. The zero-order valence-electron chi connectivity index (χ0n) is 13.5. The predicted octanol–water partition coefficient (Wildman–Crippen LogP) is 7.42. The zero-order valence-corrected chi connectivity index (χ0v) is 15.8. The summed E-state index contributed by atoms with van der Waals surface area (Å²) in [6.45, 7) is 0. The van der Waals surface area contributed by atoms with E-state index in [1.165, 1.54) is 56.9 Å². The summed E-state index contributed by atoms with van der Waals surface area (Å²) < 4.78 is 14.3. The maximum absolute atomic E-state index is 13.7. The van der Waals surface area contributed by atoms with Gasteiger partial charge in [-0.05, 0) is 109 Å². The van der Waals surface area contributed by atoms with E-state index in [9.17, 15) is 4.39 Å². The van der Waals surface area contributed by atoms with Crippen molar-refractivity contribution in [3.05, 3.63) is 45.7 Å². The molecule has 0 heterocycles. The molecule has 1 aromatic carbocycles. The quantitative estimate of drug-likeness (QED) is 0.496. The number of hydrogen-bond donors (Lipinski definition) is 0. The molecule has 1 aromatic rings. The van der Waals surface area contributed by atoms with Gasteiger partial charge in [0, 0.05) is 5.54 Å². The monoisotopic (exact) mass is 398 g/mol. The molecule has 3 rings (SSSR count). The molecule has 2 fully saturated rings. The van der Waals surface area contributed by atoms with E-state index in [2.05, 4.69) is 28.1 Å². The van der Waals surface area contributed by atoms with Crippen LogP contribution in [-0.2, 0) is 0 Å². The molecular weight excluding hydrogens is 375 g/mol. The highest BCUT2D eigenvalue weighted by atomic mass is 79.9. The Bertz CT molecular complexity index is 541. The standard InChI is InChI=1S/C20H25BrClF/c21-19-10-9-18(13-20(19)23)17-7-5-16(6-8-17)15-3-1-14(2-4-15)11-12-22/h9-17H,1-8H2. The van der Waals surface area contributed by atoms with E-state index in [1.807, 2.05) is 6.07 Å². The highest BCUT2D eigenvalue weighted by Gasteiger charge is 2.30. The van der Waals surface area contributed by atoms with E-state index < -0.39 is 0 Å². The second-order valence-electron chi connectivity index (χ2n) is 7.28. The molecule has 0 unspecified atom stereocenters. The molecule has 2 aliphatic carbocycles. The van der Waals surface area contributed by atoms with Gasteiger partial charge in [0.2, 0.25) is 0 Å². The Hall–Kier alpha value is -0.340. The van der Waals surface area contributed by atoms with Crippen LogP contribution in [0.5, 0.6) is 0 Å². The Morgan fingerprint density at radius 3 is 2.13 bits per heavy atom. The van der Waals surface area contributed by atoms with Crippen molar-refractivity contribution in [2.24, 2.45) is 17.8 Å². The first kappa shape index (κ1) is 17.5. The van der Waals surface area contributed by atoms with Crippen LogP contribution < -0.4 is 0 Å². The molecule has 0 bridgehead atoms. The second kappa shape index (κ2) is 8.16. The summed E-state index contributed by atoms with van der Waals surface area (Å²) in [7, 11) is 0. The molecule has 126 valence electrons. The molecule has 23 heavy (non-hydrogen) atoms. The van der Waals surface area contributed by atoms with Gasteiger partial charge in [-0.2, -0.15) is 0 Å². The number of allylic oxidation sites excluding steroid dienone is 1. The maximum Gasteiger partial charge on any atom is 0.137 e. The molecule has 0 saturated heterocycles. The molecule has 0 radical (unpaired) electrons. The van der Waals surface area contributed by atoms with E-state index in [1.54, 1.807) is 11.6 Å².